The molecule has 0 N–H and O–H groups in total. The standard InChI is InChI=1S/C24H17Cl2O3P/c25-20-8-14-23(15-9-20)28-30(29-24-16-10-21(26)11-17-24)27-22-12-6-19(7-13-22)18-4-2-1-3-5-18/h1-17H. The Bertz CT molecular complexity index is 1020. The van der Waals surface area contributed by atoms with Gasteiger partial charge < -0.3 is 13.6 Å². The van der Waals surface area contributed by atoms with Gasteiger partial charge in [-0.05, 0) is 71.8 Å². The van der Waals surface area contributed by atoms with E-state index >= 15 is 0 Å². The van der Waals surface area contributed by atoms with Gasteiger partial charge in [0.05, 0.1) is 0 Å². The second-order valence-corrected chi connectivity index (χ2v) is 8.16. The van der Waals surface area contributed by atoms with E-state index in [9.17, 15) is 0 Å². The molecule has 150 valence electrons. The van der Waals surface area contributed by atoms with Crippen LogP contribution >= 0.6 is 31.8 Å². The zero-order chi connectivity index (χ0) is 20.8. The van der Waals surface area contributed by atoms with Crippen molar-refractivity contribution in [3.05, 3.63) is 113 Å². The van der Waals surface area contributed by atoms with Crippen LogP contribution in [0.3, 0.4) is 0 Å². The van der Waals surface area contributed by atoms with Gasteiger partial charge in [-0.1, -0.05) is 65.7 Å². The minimum atomic E-state index is -1.76. The third-order valence-electron chi connectivity index (χ3n) is 4.13. The first-order chi connectivity index (χ1) is 14.7. The van der Waals surface area contributed by atoms with Crippen molar-refractivity contribution in [3.8, 4) is 28.4 Å². The summed E-state index contributed by atoms with van der Waals surface area (Å²) in [6.45, 7) is 0. The molecule has 0 amide bonds. The molecule has 0 saturated carbocycles. The molecule has 0 atom stereocenters. The van der Waals surface area contributed by atoms with Gasteiger partial charge in [0, 0.05) is 10.0 Å². The molecular weight excluding hydrogens is 438 g/mol. The smallest absolute Gasteiger partial charge is 0.409 e. The predicted octanol–water partition coefficient (Wildman–Crippen LogP) is 8.42. The van der Waals surface area contributed by atoms with E-state index in [-0.39, 0.29) is 0 Å². The van der Waals surface area contributed by atoms with E-state index in [1.54, 1.807) is 48.5 Å². The highest BCUT2D eigenvalue weighted by Gasteiger charge is 2.20. The molecule has 0 fully saturated rings. The fraction of sp³-hybridized carbons (Fsp3) is 0. The van der Waals surface area contributed by atoms with Crippen molar-refractivity contribution in [2.24, 2.45) is 0 Å². The lowest BCUT2D eigenvalue weighted by Gasteiger charge is -2.18. The van der Waals surface area contributed by atoms with Gasteiger partial charge in [0.2, 0.25) is 0 Å². The summed E-state index contributed by atoms with van der Waals surface area (Å²) in [5, 5.41) is 1.26. The van der Waals surface area contributed by atoms with E-state index in [4.69, 9.17) is 36.8 Å². The van der Waals surface area contributed by atoms with Gasteiger partial charge in [-0.2, -0.15) is 0 Å². The molecule has 0 aromatic heterocycles. The van der Waals surface area contributed by atoms with Crippen LogP contribution in [0.25, 0.3) is 11.1 Å². The van der Waals surface area contributed by atoms with Crippen molar-refractivity contribution in [2.45, 2.75) is 0 Å². The molecule has 6 heteroatoms. The van der Waals surface area contributed by atoms with Crippen molar-refractivity contribution >= 4 is 31.8 Å². The summed E-state index contributed by atoms with van der Waals surface area (Å²) in [6.07, 6.45) is 0. The minimum Gasteiger partial charge on any atom is -0.409 e. The van der Waals surface area contributed by atoms with Crippen molar-refractivity contribution in [2.75, 3.05) is 0 Å². The van der Waals surface area contributed by atoms with Crippen LogP contribution in [0, 0.1) is 0 Å². The maximum absolute atomic E-state index is 6.03. The topological polar surface area (TPSA) is 27.7 Å². The summed E-state index contributed by atoms with van der Waals surface area (Å²) in [6, 6.07) is 32.0. The van der Waals surface area contributed by atoms with Gasteiger partial charge >= 0.3 is 8.60 Å². The lowest BCUT2D eigenvalue weighted by atomic mass is 10.1. The van der Waals surface area contributed by atoms with E-state index in [0.29, 0.717) is 27.3 Å². The zero-order valence-electron chi connectivity index (χ0n) is 15.7. The largest absolute Gasteiger partial charge is 0.530 e. The SMILES string of the molecule is Clc1ccc(OP(Oc2ccc(Cl)cc2)Oc2ccc(-c3ccccc3)cc2)cc1. The summed E-state index contributed by atoms with van der Waals surface area (Å²) in [5.74, 6) is 1.84. The number of hydrogen-bond acceptors (Lipinski definition) is 3. The fourth-order valence-corrected chi connectivity index (χ4v) is 3.89. The van der Waals surface area contributed by atoms with Crippen LogP contribution in [0.2, 0.25) is 10.0 Å². The lowest BCUT2D eigenvalue weighted by Crippen LogP contribution is -2.02. The first-order valence-corrected chi connectivity index (χ1v) is 11.0. The van der Waals surface area contributed by atoms with Crippen LogP contribution in [-0.2, 0) is 0 Å². The minimum absolute atomic E-state index is 0.598. The van der Waals surface area contributed by atoms with Gasteiger partial charge in [0.1, 0.15) is 17.2 Å². The van der Waals surface area contributed by atoms with Gasteiger partial charge in [0.25, 0.3) is 0 Å². The molecule has 4 aromatic carbocycles. The van der Waals surface area contributed by atoms with Crippen LogP contribution in [0.5, 0.6) is 17.2 Å². The van der Waals surface area contributed by atoms with Crippen LogP contribution in [0.1, 0.15) is 0 Å². The molecular formula is C24H17Cl2O3P. The van der Waals surface area contributed by atoms with E-state index in [1.807, 2.05) is 42.5 Å². The Kier molecular flexibility index (Phi) is 6.76. The molecule has 3 nitrogen and oxygen atoms in total. The first-order valence-electron chi connectivity index (χ1n) is 9.16. The number of rotatable bonds is 7. The Labute approximate surface area is 186 Å². The number of halogens is 2. The van der Waals surface area contributed by atoms with Crippen molar-refractivity contribution in [3.63, 3.8) is 0 Å². The number of hydrogen-bond donors (Lipinski definition) is 0. The van der Waals surface area contributed by atoms with E-state index in [1.165, 1.54) is 0 Å². The molecule has 0 radical (unpaired) electrons. The molecule has 0 bridgehead atoms. The van der Waals surface area contributed by atoms with Crippen LogP contribution in [-0.4, -0.2) is 0 Å². The third kappa shape index (κ3) is 5.67. The average molecular weight is 455 g/mol. The van der Waals surface area contributed by atoms with E-state index < -0.39 is 8.60 Å². The Hall–Kier alpha value is -2.71. The van der Waals surface area contributed by atoms with Crippen LogP contribution in [0.15, 0.2) is 103 Å². The summed E-state index contributed by atoms with van der Waals surface area (Å²) in [5.41, 5.74) is 2.24. The van der Waals surface area contributed by atoms with Crippen LogP contribution < -0.4 is 13.6 Å². The van der Waals surface area contributed by atoms with Crippen molar-refractivity contribution in [1.29, 1.82) is 0 Å². The van der Waals surface area contributed by atoms with Crippen LogP contribution in [0.4, 0.5) is 0 Å². The Morgan fingerprint density at radius 1 is 0.433 bits per heavy atom. The maximum atomic E-state index is 6.03. The highest BCUT2D eigenvalue weighted by atomic mass is 35.5. The van der Waals surface area contributed by atoms with Crippen molar-refractivity contribution < 1.29 is 13.6 Å². The normalized spacial score (nSPS) is 10.6. The van der Waals surface area contributed by atoms with Gasteiger partial charge in [-0.3, -0.25) is 0 Å². The molecule has 0 saturated heterocycles. The highest BCUT2D eigenvalue weighted by Crippen LogP contribution is 2.43. The van der Waals surface area contributed by atoms with Gasteiger partial charge in [-0.15, -0.1) is 0 Å². The maximum Gasteiger partial charge on any atom is 0.530 e. The molecule has 0 unspecified atom stereocenters. The Balaban J connectivity index is 1.52. The Morgan fingerprint density at radius 2 is 0.800 bits per heavy atom. The van der Waals surface area contributed by atoms with Gasteiger partial charge in [-0.25, -0.2) is 0 Å². The first kappa shape index (κ1) is 20.6. The third-order valence-corrected chi connectivity index (χ3v) is 5.71. The fourth-order valence-electron chi connectivity index (χ4n) is 2.64. The summed E-state index contributed by atoms with van der Waals surface area (Å²) < 4.78 is 17.9. The molecule has 0 aliphatic heterocycles. The second-order valence-electron chi connectivity index (χ2n) is 6.30. The Morgan fingerprint density at radius 3 is 1.23 bits per heavy atom. The predicted molar refractivity (Wildman–Crippen MR) is 124 cm³/mol. The molecule has 0 spiro atoms. The molecule has 4 rings (SSSR count). The van der Waals surface area contributed by atoms with E-state index in [2.05, 4.69) is 12.1 Å². The average Bonchev–Trinajstić information content (AvgIpc) is 2.78. The monoisotopic (exact) mass is 454 g/mol. The van der Waals surface area contributed by atoms with Crippen molar-refractivity contribution in [1.82, 2.24) is 0 Å². The van der Waals surface area contributed by atoms with E-state index in [0.717, 1.165) is 11.1 Å². The zero-order valence-corrected chi connectivity index (χ0v) is 18.1. The molecule has 0 aliphatic carbocycles. The van der Waals surface area contributed by atoms with Gasteiger partial charge in [0.15, 0.2) is 0 Å². The summed E-state index contributed by atoms with van der Waals surface area (Å²) in [7, 11) is -1.76. The molecule has 0 aliphatic rings. The lowest BCUT2D eigenvalue weighted by molar-refractivity contribution is 0.388. The molecule has 4 aromatic rings. The summed E-state index contributed by atoms with van der Waals surface area (Å²) in [4.78, 5) is 0. The summed E-state index contributed by atoms with van der Waals surface area (Å²) >= 11 is 11.9. The highest BCUT2D eigenvalue weighted by molar-refractivity contribution is 7.43. The molecule has 30 heavy (non-hydrogen) atoms. The number of benzene rings is 4. The molecule has 0 heterocycles. The quantitative estimate of drug-likeness (QED) is 0.262. The second kappa shape index (κ2) is 9.86.